The number of ether oxygens (including phenoxy) is 1. The minimum Gasteiger partial charge on any atom is -0.381 e. The van der Waals surface area contributed by atoms with E-state index in [2.05, 4.69) is 27.5 Å². The summed E-state index contributed by atoms with van der Waals surface area (Å²) in [5, 5.41) is 6.62. The Morgan fingerprint density at radius 2 is 1.78 bits per heavy atom. The first-order valence-electron chi connectivity index (χ1n) is 12.5. The summed E-state index contributed by atoms with van der Waals surface area (Å²) in [5.74, 6) is 0.471. The fourth-order valence-corrected chi connectivity index (χ4v) is 5.09. The van der Waals surface area contributed by atoms with Gasteiger partial charge in [-0.3, -0.25) is 9.36 Å². The highest BCUT2D eigenvalue weighted by Crippen LogP contribution is 2.37. The molecule has 198 valence electrons. The molecule has 9 nitrogen and oxygen atoms in total. The molecule has 1 aliphatic heterocycles. The molecule has 37 heavy (non-hydrogen) atoms. The minimum atomic E-state index is -4.41. The van der Waals surface area contributed by atoms with Crippen LogP contribution in [0, 0.1) is 5.92 Å². The topological polar surface area (TPSA) is 120 Å². The summed E-state index contributed by atoms with van der Waals surface area (Å²) >= 11 is 0. The van der Waals surface area contributed by atoms with E-state index in [1.54, 1.807) is 6.20 Å². The van der Waals surface area contributed by atoms with Crippen molar-refractivity contribution in [1.29, 1.82) is 0 Å². The minimum absolute atomic E-state index is 0.0148. The molecule has 2 fully saturated rings. The zero-order chi connectivity index (χ0) is 26.2. The van der Waals surface area contributed by atoms with Gasteiger partial charge in [0, 0.05) is 36.4 Å². The Morgan fingerprint density at radius 3 is 2.41 bits per heavy atom. The normalized spacial score (nSPS) is 22.1. The number of aromatic nitrogens is 4. The number of primary amides is 1. The van der Waals surface area contributed by atoms with Gasteiger partial charge in [-0.25, -0.2) is 9.97 Å². The second-order valence-corrected chi connectivity index (χ2v) is 10.1. The van der Waals surface area contributed by atoms with E-state index in [1.807, 2.05) is 4.57 Å². The molecule has 2 aliphatic rings. The summed E-state index contributed by atoms with van der Waals surface area (Å²) in [5.41, 5.74) is 6.26. The smallest absolute Gasteiger partial charge is 0.381 e. The molecule has 3 aromatic rings. The van der Waals surface area contributed by atoms with Crippen molar-refractivity contribution in [2.24, 2.45) is 11.7 Å². The van der Waals surface area contributed by atoms with E-state index < -0.39 is 11.7 Å². The maximum Gasteiger partial charge on any atom is 0.416 e. The molecule has 0 radical (unpaired) electrons. The van der Waals surface area contributed by atoms with Crippen LogP contribution in [0.15, 0.2) is 30.5 Å². The summed E-state index contributed by atoms with van der Waals surface area (Å²) in [6.07, 6.45) is 1.57. The summed E-state index contributed by atoms with van der Waals surface area (Å²) in [6.45, 7) is 3.44. The number of nitrogens with zero attached hydrogens (tertiary/aromatic N) is 4. The fourth-order valence-electron chi connectivity index (χ4n) is 5.09. The lowest BCUT2D eigenvalue weighted by Crippen LogP contribution is -2.41. The number of halogens is 3. The van der Waals surface area contributed by atoms with Gasteiger partial charge in [0.2, 0.25) is 17.8 Å². The van der Waals surface area contributed by atoms with Crippen LogP contribution >= 0.6 is 0 Å². The average molecular weight is 518 g/mol. The first-order chi connectivity index (χ1) is 17.6. The number of fused-ring (bicyclic) bond motifs is 1. The molecule has 1 aromatic carbocycles. The fraction of sp³-hybridized carbons (Fsp3) is 0.520. The van der Waals surface area contributed by atoms with E-state index in [-0.39, 0.29) is 23.4 Å². The molecular formula is C25H30F3N7O2. The Kier molecular flexibility index (Phi) is 6.69. The quantitative estimate of drug-likeness (QED) is 0.430. The van der Waals surface area contributed by atoms with Crippen LogP contribution in [0.25, 0.3) is 11.2 Å². The Balaban J connectivity index is 1.48. The molecule has 5 rings (SSSR count). The monoisotopic (exact) mass is 517 g/mol. The van der Waals surface area contributed by atoms with E-state index >= 15 is 0 Å². The molecule has 3 heterocycles. The van der Waals surface area contributed by atoms with Crippen molar-refractivity contribution in [3.05, 3.63) is 36.0 Å². The van der Waals surface area contributed by atoms with E-state index in [4.69, 9.17) is 15.5 Å². The van der Waals surface area contributed by atoms with Crippen molar-refractivity contribution < 1.29 is 22.7 Å². The molecule has 0 spiro atoms. The lowest BCUT2D eigenvalue weighted by Gasteiger charge is -2.34. The molecule has 1 saturated heterocycles. The number of benzene rings is 1. The van der Waals surface area contributed by atoms with Gasteiger partial charge in [-0.1, -0.05) is 0 Å². The predicted octanol–water partition coefficient (Wildman–Crippen LogP) is 4.79. The van der Waals surface area contributed by atoms with Gasteiger partial charge in [-0.05, 0) is 69.7 Å². The Bertz CT molecular complexity index is 1260. The molecule has 2 aromatic heterocycles. The lowest BCUT2D eigenvalue weighted by atomic mass is 9.85. The second kappa shape index (κ2) is 9.81. The number of rotatable bonds is 6. The van der Waals surface area contributed by atoms with Gasteiger partial charge in [0.15, 0.2) is 5.65 Å². The summed E-state index contributed by atoms with van der Waals surface area (Å²) in [4.78, 5) is 25.7. The van der Waals surface area contributed by atoms with Crippen LogP contribution in [-0.2, 0) is 15.7 Å². The van der Waals surface area contributed by atoms with Crippen LogP contribution in [0.1, 0.15) is 57.1 Å². The Morgan fingerprint density at radius 1 is 1.11 bits per heavy atom. The Labute approximate surface area is 212 Å². The third kappa shape index (κ3) is 5.48. The second-order valence-electron chi connectivity index (χ2n) is 10.1. The van der Waals surface area contributed by atoms with Gasteiger partial charge in [-0.15, -0.1) is 0 Å². The Hall–Kier alpha value is -3.41. The van der Waals surface area contributed by atoms with Crippen molar-refractivity contribution >= 4 is 34.7 Å². The van der Waals surface area contributed by atoms with E-state index in [9.17, 15) is 18.0 Å². The number of amides is 1. The van der Waals surface area contributed by atoms with Crippen molar-refractivity contribution in [2.45, 2.75) is 63.2 Å². The standard InChI is InChI=1S/C25H30F3N7O2/c1-24(10-12-37-13-11-24)34-22-30-14-19-21(33-22)35(18-8-2-15(3-9-18)20(29)36)23(32-19)31-17-6-4-16(5-7-17)25(26,27)28/h4-7,14-15,18H,2-3,8-13H2,1H3,(H2,29,36)(H,31,32)(H,30,33,34)/t15-,18-. The number of carbonyl (C=O) groups excluding carboxylic acids is 1. The van der Waals surface area contributed by atoms with Crippen molar-refractivity contribution in [3.63, 3.8) is 0 Å². The van der Waals surface area contributed by atoms with Crippen LogP contribution in [-0.4, -0.2) is 44.2 Å². The van der Waals surface area contributed by atoms with Gasteiger partial charge >= 0.3 is 6.18 Å². The SMILES string of the molecule is CC1(Nc2ncc3nc(Nc4ccc(C(F)(F)F)cc4)n([C@H]4CC[C@H](C(N)=O)CC4)c3n2)CCOCC1. The van der Waals surface area contributed by atoms with Crippen LogP contribution in [0.5, 0.6) is 0 Å². The predicted molar refractivity (Wildman–Crippen MR) is 132 cm³/mol. The van der Waals surface area contributed by atoms with E-state index in [0.717, 1.165) is 25.0 Å². The van der Waals surface area contributed by atoms with E-state index in [0.29, 0.717) is 67.6 Å². The number of nitrogens with one attached hydrogen (secondary N) is 2. The number of hydrogen-bond donors (Lipinski definition) is 3. The van der Waals surface area contributed by atoms with Crippen LogP contribution in [0.4, 0.5) is 30.8 Å². The molecule has 0 atom stereocenters. The average Bonchev–Trinajstić information content (AvgIpc) is 3.21. The molecule has 4 N–H and O–H groups in total. The molecule has 0 bridgehead atoms. The number of imidazole rings is 1. The number of anilines is 3. The highest BCUT2D eigenvalue weighted by molar-refractivity contribution is 5.78. The van der Waals surface area contributed by atoms with Crippen molar-refractivity contribution in [1.82, 2.24) is 19.5 Å². The van der Waals surface area contributed by atoms with Crippen LogP contribution < -0.4 is 16.4 Å². The molecule has 12 heteroatoms. The maximum absolute atomic E-state index is 13.0. The maximum atomic E-state index is 13.0. The highest BCUT2D eigenvalue weighted by Gasteiger charge is 2.32. The molecule has 0 unspecified atom stereocenters. The number of hydrogen-bond acceptors (Lipinski definition) is 7. The zero-order valence-electron chi connectivity index (χ0n) is 20.5. The first kappa shape index (κ1) is 25.2. The number of nitrogens with two attached hydrogens (primary N) is 1. The molecule has 1 saturated carbocycles. The van der Waals surface area contributed by atoms with Gasteiger partial charge < -0.3 is 21.1 Å². The summed E-state index contributed by atoms with van der Waals surface area (Å²) in [7, 11) is 0. The third-order valence-corrected chi connectivity index (χ3v) is 7.38. The zero-order valence-corrected chi connectivity index (χ0v) is 20.5. The molecular weight excluding hydrogens is 487 g/mol. The van der Waals surface area contributed by atoms with E-state index in [1.165, 1.54) is 12.1 Å². The van der Waals surface area contributed by atoms with Gasteiger partial charge in [0.25, 0.3) is 0 Å². The van der Waals surface area contributed by atoms with Gasteiger partial charge in [0.05, 0.1) is 11.8 Å². The lowest BCUT2D eigenvalue weighted by molar-refractivity contribution is -0.137. The molecule has 1 amide bonds. The molecule has 1 aliphatic carbocycles. The van der Waals surface area contributed by atoms with Gasteiger partial charge in [0.1, 0.15) is 5.52 Å². The summed E-state index contributed by atoms with van der Waals surface area (Å²) in [6, 6.07) is 4.80. The van der Waals surface area contributed by atoms with Gasteiger partial charge in [-0.2, -0.15) is 18.2 Å². The third-order valence-electron chi connectivity index (χ3n) is 7.38. The number of alkyl halides is 3. The van der Waals surface area contributed by atoms with Crippen molar-refractivity contribution in [3.8, 4) is 0 Å². The highest BCUT2D eigenvalue weighted by atomic mass is 19.4. The number of carbonyl (C=O) groups is 1. The van der Waals surface area contributed by atoms with Crippen molar-refractivity contribution in [2.75, 3.05) is 23.8 Å². The van der Waals surface area contributed by atoms with Crippen LogP contribution in [0.3, 0.4) is 0 Å². The summed E-state index contributed by atoms with van der Waals surface area (Å²) < 4.78 is 46.5. The largest absolute Gasteiger partial charge is 0.416 e. The van der Waals surface area contributed by atoms with Crippen LogP contribution in [0.2, 0.25) is 0 Å². The first-order valence-corrected chi connectivity index (χ1v) is 12.5.